The highest BCUT2D eigenvalue weighted by molar-refractivity contribution is 5.94. The SMILES string of the molecule is CCN(CC)C(CCCCNC(=O)c1ccccc1)C(=O)NN=Cc1ccc(-c2cccc([N+](=O)[O-])c2)o1. The van der Waals surface area contributed by atoms with E-state index in [4.69, 9.17) is 4.42 Å². The summed E-state index contributed by atoms with van der Waals surface area (Å²) < 4.78 is 5.71. The molecule has 0 saturated carbocycles. The van der Waals surface area contributed by atoms with Crippen LogP contribution in [0.25, 0.3) is 11.3 Å². The van der Waals surface area contributed by atoms with Gasteiger partial charge in [0.2, 0.25) is 0 Å². The molecule has 0 radical (unpaired) electrons. The van der Waals surface area contributed by atoms with Crippen LogP contribution in [-0.2, 0) is 4.79 Å². The molecule has 1 aromatic heterocycles. The molecule has 2 amide bonds. The average molecular weight is 520 g/mol. The van der Waals surface area contributed by atoms with E-state index in [2.05, 4.69) is 20.7 Å². The monoisotopic (exact) mass is 519 g/mol. The third-order valence-corrected chi connectivity index (χ3v) is 6.12. The first-order valence-corrected chi connectivity index (χ1v) is 12.7. The van der Waals surface area contributed by atoms with Crippen molar-refractivity contribution in [2.45, 2.75) is 39.2 Å². The maximum absolute atomic E-state index is 12.9. The smallest absolute Gasteiger partial charge is 0.270 e. The van der Waals surface area contributed by atoms with E-state index in [1.54, 1.807) is 36.4 Å². The van der Waals surface area contributed by atoms with Gasteiger partial charge < -0.3 is 9.73 Å². The molecule has 0 aliphatic carbocycles. The van der Waals surface area contributed by atoms with Gasteiger partial charge in [0.1, 0.15) is 11.5 Å². The topological polar surface area (TPSA) is 130 Å². The molecule has 1 heterocycles. The molecule has 1 atom stereocenters. The van der Waals surface area contributed by atoms with Gasteiger partial charge in [0.05, 0.1) is 17.2 Å². The maximum Gasteiger partial charge on any atom is 0.270 e. The highest BCUT2D eigenvalue weighted by atomic mass is 16.6. The molecule has 10 heteroatoms. The second-order valence-electron chi connectivity index (χ2n) is 8.60. The Morgan fingerprint density at radius 3 is 2.53 bits per heavy atom. The van der Waals surface area contributed by atoms with Gasteiger partial charge in [0.15, 0.2) is 0 Å². The van der Waals surface area contributed by atoms with E-state index in [-0.39, 0.29) is 23.5 Å². The molecule has 0 bridgehead atoms. The highest BCUT2D eigenvalue weighted by Crippen LogP contribution is 2.25. The Bertz CT molecular complexity index is 1240. The van der Waals surface area contributed by atoms with Crippen LogP contribution in [0.5, 0.6) is 0 Å². The van der Waals surface area contributed by atoms with Crippen molar-refractivity contribution < 1.29 is 18.9 Å². The van der Waals surface area contributed by atoms with Crippen molar-refractivity contribution in [3.63, 3.8) is 0 Å². The molecular formula is C28H33N5O5. The number of hydrogen-bond donors (Lipinski definition) is 2. The van der Waals surface area contributed by atoms with Crippen molar-refractivity contribution in [1.82, 2.24) is 15.6 Å². The lowest BCUT2D eigenvalue weighted by Crippen LogP contribution is -2.45. The molecule has 0 aliphatic heterocycles. The van der Waals surface area contributed by atoms with Gasteiger partial charge in [-0.15, -0.1) is 0 Å². The van der Waals surface area contributed by atoms with Crippen molar-refractivity contribution in [2.24, 2.45) is 5.10 Å². The summed E-state index contributed by atoms with van der Waals surface area (Å²) in [5.74, 6) is 0.537. The molecule has 0 saturated heterocycles. The Balaban J connectivity index is 1.51. The molecule has 0 aliphatic rings. The van der Waals surface area contributed by atoms with Crippen LogP contribution in [0.4, 0.5) is 5.69 Å². The van der Waals surface area contributed by atoms with E-state index in [0.29, 0.717) is 48.7 Å². The van der Waals surface area contributed by atoms with Crippen molar-refractivity contribution in [1.29, 1.82) is 0 Å². The normalized spacial score (nSPS) is 12.0. The number of non-ortho nitro benzene ring substituents is 1. The molecule has 2 aromatic carbocycles. The van der Waals surface area contributed by atoms with Crippen molar-refractivity contribution >= 4 is 23.7 Å². The fourth-order valence-corrected chi connectivity index (χ4v) is 4.08. The Labute approximate surface area is 221 Å². The molecule has 0 spiro atoms. The number of amides is 2. The number of rotatable bonds is 14. The van der Waals surface area contributed by atoms with Crippen LogP contribution in [0, 0.1) is 10.1 Å². The van der Waals surface area contributed by atoms with Gasteiger partial charge in [0.25, 0.3) is 17.5 Å². The number of hydrogen-bond acceptors (Lipinski definition) is 7. The summed E-state index contributed by atoms with van der Waals surface area (Å²) in [5, 5.41) is 18.0. The molecule has 2 N–H and O–H groups in total. The van der Waals surface area contributed by atoms with Gasteiger partial charge in [-0.25, -0.2) is 5.43 Å². The number of carbonyl (C=O) groups is 2. The zero-order valence-corrected chi connectivity index (χ0v) is 21.6. The number of nitrogens with zero attached hydrogens (tertiary/aromatic N) is 3. The fourth-order valence-electron chi connectivity index (χ4n) is 4.08. The van der Waals surface area contributed by atoms with Gasteiger partial charge in [-0.1, -0.05) is 44.2 Å². The number of nitro groups is 1. The zero-order valence-electron chi connectivity index (χ0n) is 21.6. The summed E-state index contributed by atoms with van der Waals surface area (Å²) in [7, 11) is 0. The van der Waals surface area contributed by atoms with Gasteiger partial charge in [0, 0.05) is 29.8 Å². The number of furan rings is 1. The van der Waals surface area contributed by atoms with E-state index >= 15 is 0 Å². The largest absolute Gasteiger partial charge is 0.455 e. The predicted octanol–water partition coefficient (Wildman–Crippen LogP) is 4.62. The summed E-state index contributed by atoms with van der Waals surface area (Å²) >= 11 is 0. The second kappa shape index (κ2) is 14.4. The first-order chi connectivity index (χ1) is 18.4. The van der Waals surface area contributed by atoms with Crippen LogP contribution in [0.2, 0.25) is 0 Å². The first-order valence-electron chi connectivity index (χ1n) is 12.7. The number of unbranched alkanes of at least 4 members (excludes halogenated alkanes) is 1. The first kappa shape index (κ1) is 28.3. The van der Waals surface area contributed by atoms with E-state index < -0.39 is 4.92 Å². The number of benzene rings is 2. The van der Waals surface area contributed by atoms with Crippen LogP contribution in [0.1, 0.15) is 49.2 Å². The second-order valence-corrected chi connectivity index (χ2v) is 8.60. The van der Waals surface area contributed by atoms with Gasteiger partial charge in [-0.2, -0.15) is 5.10 Å². The molecule has 1 unspecified atom stereocenters. The van der Waals surface area contributed by atoms with Gasteiger partial charge in [-0.3, -0.25) is 24.6 Å². The lowest BCUT2D eigenvalue weighted by molar-refractivity contribution is -0.384. The standard InChI is InChI=1S/C28H33N5O5/c1-3-32(4-2)25(15-8-9-18-29-27(34)21-11-6-5-7-12-21)28(35)31-30-20-24-16-17-26(38-24)22-13-10-14-23(19-22)33(36)37/h5-7,10-14,16-17,19-20,25H,3-4,8-9,15,18H2,1-2H3,(H,29,34)(H,31,35). The van der Waals surface area contributed by atoms with E-state index in [1.165, 1.54) is 18.3 Å². The summed E-state index contributed by atoms with van der Waals surface area (Å²) in [6.07, 6.45) is 3.54. The van der Waals surface area contributed by atoms with Crippen LogP contribution < -0.4 is 10.7 Å². The lowest BCUT2D eigenvalue weighted by atomic mass is 10.1. The van der Waals surface area contributed by atoms with Crippen LogP contribution >= 0.6 is 0 Å². The summed E-state index contributed by atoms with van der Waals surface area (Å²) in [6, 6.07) is 18.2. The maximum atomic E-state index is 12.9. The van der Waals surface area contributed by atoms with E-state index in [9.17, 15) is 19.7 Å². The fraction of sp³-hybridized carbons (Fsp3) is 0.321. The molecule has 0 fully saturated rings. The van der Waals surface area contributed by atoms with Gasteiger partial charge >= 0.3 is 0 Å². The average Bonchev–Trinajstić information content (AvgIpc) is 3.41. The van der Waals surface area contributed by atoms with Crippen molar-refractivity contribution in [3.8, 4) is 11.3 Å². The molecule has 10 nitrogen and oxygen atoms in total. The Morgan fingerprint density at radius 1 is 1.05 bits per heavy atom. The van der Waals surface area contributed by atoms with Crippen LogP contribution in [0.15, 0.2) is 76.2 Å². The van der Waals surface area contributed by atoms with Crippen molar-refractivity contribution in [3.05, 3.63) is 88.2 Å². The van der Waals surface area contributed by atoms with E-state index in [1.807, 2.05) is 32.0 Å². The van der Waals surface area contributed by atoms with Crippen molar-refractivity contribution in [2.75, 3.05) is 19.6 Å². The highest BCUT2D eigenvalue weighted by Gasteiger charge is 2.23. The Hall–Kier alpha value is -4.31. The Kier molecular flexibility index (Phi) is 10.7. The molecule has 38 heavy (non-hydrogen) atoms. The summed E-state index contributed by atoms with van der Waals surface area (Å²) in [4.78, 5) is 37.7. The summed E-state index contributed by atoms with van der Waals surface area (Å²) in [6.45, 7) is 5.97. The molecule has 3 aromatic rings. The minimum Gasteiger partial charge on any atom is -0.455 e. The zero-order chi connectivity index (χ0) is 27.3. The Morgan fingerprint density at radius 2 is 1.82 bits per heavy atom. The number of nitro benzene ring substituents is 1. The lowest BCUT2D eigenvalue weighted by Gasteiger charge is -2.27. The minimum absolute atomic E-state index is 0.0256. The van der Waals surface area contributed by atoms with E-state index in [0.717, 1.165) is 12.8 Å². The number of carbonyl (C=O) groups excluding carboxylic acids is 2. The predicted molar refractivity (Wildman–Crippen MR) is 146 cm³/mol. The van der Waals surface area contributed by atoms with Crippen LogP contribution in [-0.4, -0.2) is 53.5 Å². The minimum atomic E-state index is -0.461. The summed E-state index contributed by atoms with van der Waals surface area (Å²) in [5.41, 5.74) is 3.78. The third-order valence-electron chi connectivity index (χ3n) is 6.12. The molecular weight excluding hydrogens is 486 g/mol. The quantitative estimate of drug-likeness (QED) is 0.138. The van der Waals surface area contributed by atoms with Crippen LogP contribution in [0.3, 0.4) is 0 Å². The van der Waals surface area contributed by atoms with Gasteiger partial charge in [-0.05, 0) is 56.6 Å². The molecule has 3 rings (SSSR count). The number of hydrazone groups is 1. The molecule has 200 valence electrons. The number of likely N-dealkylation sites (N-methyl/N-ethyl adjacent to an activating group) is 1. The third kappa shape index (κ3) is 8.10. The number of nitrogens with one attached hydrogen (secondary N) is 2.